The number of ether oxygens (including phenoxy) is 3. The molecule has 35 heavy (non-hydrogen) atoms. The summed E-state index contributed by atoms with van der Waals surface area (Å²) in [6.07, 6.45) is 4.27. The summed E-state index contributed by atoms with van der Waals surface area (Å²) >= 11 is 0. The maximum absolute atomic E-state index is 13.6. The van der Waals surface area contributed by atoms with Gasteiger partial charge in [-0.15, -0.1) is 0 Å². The van der Waals surface area contributed by atoms with Crippen molar-refractivity contribution >= 4 is 11.8 Å². The Morgan fingerprint density at radius 2 is 2.09 bits per heavy atom. The second kappa shape index (κ2) is 10.0. The fraction of sp³-hybridized carbons (Fsp3) is 0.308. The van der Waals surface area contributed by atoms with Crippen molar-refractivity contribution in [1.29, 1.82) is 0 Å². The Hall–Kier alpha value is -4.14. The summed E-state index contributed by atoms with van der Waals surface area (Å²) in [4.78, 5) is 27.6. The van der Waals surface area contributed by atoms with E-state index in [-0.39, 0.29) is 24.5 Å². The van der Waals surface area contributed by atoms with Crippen LogP contribution in [-0.2, 0) is 11.2 Å². The Balaban J connectivity index is 1.63. The number of nitrogens with zero attached hydrogens (tertiary/aromatic N) is 3. The quantitative estimate of drug-likeness (QED) is 0.609. The van der Waals surface area contributed by atoms with Crippen molar-refractivity contribution in [1.82, 2.24) is 20.4 Å². The predicted molar refractivity (Wildman–Crippen MR) is 127 cm³/mol. The Morgan fingerprint density at radius 1 is 1.17 bits per heavy atom. The first-order valence-corrected chi connectivity index (χ1v) is 11.5. The van der Waals surface area contributed by atoms with Crippen molar-refractivity contribution < 1.29 is 23.8 Å². The molecule has 1 N–H and O–H groups in total. The van der Waals surface area contributed by atoms with Gasteiger partial charge in [0.05, 0.1) is 37.7 Å². The lowest BCUT2D eigenvalue weighted by atomic mass is 9.87. The molecule has 0 fully saturated rings. The van der Waals surface area contributed by atoms with Gasteiger partial charge in [0, 0.05) is 13.1 Å². The van der Waals surface area contributed by atoms with E-state index in [0.717, 1.165) is 16.7 Å². The third-order valence-corrected chi connectivity index (χ3v) is 6.19. The molecular formula is C26H26N4O5. The van der Waals surface area contributed by atoms with Crippen LogP contribution >= 0.6 is 0 Å². The maximum Gasteiger partial charge on any atom is 0.257 e. The molecule has 6 bridgehead atoms. The normalized spacial score (nSPS) is 17.7. The highest BCUT2D eigenvalue weighted by Gasteiger charge is 2.34. The zero-order valence-electron chi connectivity index (χ0n) is 19.4. The molecule has 9 heteroatoms. The van der Waals surface area contributed by atoms with Gasteiger partial charge >= 0.3 is 0 Å². The van der Waals surface area contributed by atoms with Crippen LogP contribution in [0.25, 0.3) is 0 Å². The van der Waals surface area contributed by atoms with Crippen molar-refractivity contribution in [3.05, 3.63) is 77.1 Å². The minimum Gasteiger partial charge on any atom is -0.494 e. The molecule has 0 radical (unpaired) electrons. The molecule has 3 aromatic rings. The van der Waals surface area contributed by atoms with Crippen LogP contribution in [-0.4, -0.2) is 60.3 Å². The van der Waals surface area contributed by atoms with E-state index in [0.29, 0.717) is 55.4 Å². The van der Waals surface area contributed by atoms with Crippen molar-refractivity contribution in [3.8, 4) is 17.2 Å². The molecule has 0 saturated heterocycles. The number of methoxy groups -OCH3 is 1. The Morgan fingerprint density at radius 3 is 2.91 bits per heavy atom. The molecule has 1 aromatic heterocycles. The van der Waals surface area contributed by atoms with Crippen LogP contribution in [0, 0.1) is 0 Å². The SMILES string of the molecule is COc1cc2c3cc1OCC(=O)NCCCOc1cccc(c1)C2N(C(=O)c1ccnnc1)CC3. The second-order valence-corrected chi connectivity index (χ2v) is 8.40. The first kappa shape index (κ1) is 22.6. The molecule has 9 nitrogen and oxygen atoms in total. The molecule has 180 valence electrons. The Kier molecular flexibility index (Phi) is 6.47. The third-order valence-electron chi connectivity index (χ3n) is 6.19. The number of rotatable bonds is 2. The molecule has 0 saturated carbocycles. The molecule has 3 aliphatic rings. The summed E-state index contributed by atoms with van der Waals surface area (Å²) in [7, 11) is 1.56. The summed E-state index contributed by atoms with van der Waals surface area (Å²) in [6, 6.07) is 12.9. The van der Waals surface area contributed by atoms with Gasteiger partial charge in [-0.2, -0.15) is 10.2 Å². The van der Waals surface area contributed by atoms with Gasteiger partial charge in [0.2, 0.25) is 0 Å². The van der Waals surface area contributed by atoms with Crippen molar-refractivity contribution in [2.24, 2.45) is 0 Å². The fourth-order valence-corrected chi connectivity index (χ4v) is 4.52. The Bertz CT molecular complexity index is 1230. The highest BCUT2D eigenvalue weighted by Crippen LogP contribution is 2.42. The minimum atomic E-state index is -0.373. The second-order valence-electron chi connectivity index (χ2n) is 8.40. The number of nitrogens with one attached hydrogen (secondary N) is 1. The van der Waals surface area contributed by atoms with E-state index >= 15 is 0 Å². The van der Waals surface area contributed by atoms with Crippen LogP contribution in [0.2, 0.25) is 0 Å². The number of carbonyl (C=O) groups excluding carboxylic acids is 2. The van der Waals surface area contributed by atoms with Crippen molar-refractivity contribution in [2.45, 2.75) is 18.9 Å². The topological polar surface area (TPSA) is 103 Å². The van der Waals surface area contributed by atoms with Crippen LogP contribution in [0.4, 0.5) is 0 Å². The summed E-state index contributed by atoms with van der Waals surface area (Å²) in [6.45, 7) is 1.32. The summed E-state index contributed by atoms with van der Waals surface area (Å²) in [5.74, 6) is 1.37. The molecule has 6 rings (SSSR count). The highest BCUT2D eigenvalue weighted by molar-refractivity contribution is 5.94. The van der Waals surface area contributed by atoms with Gasteiger partial charge in [-0.05, 0) is 59.9 Å². The maximum atomic E-state index is 13.6. The van der Waals surface area contributed by atoms with Crippen molar-refractivity contribution in [3.63, 3.8) is 0 Å². The molecule has 1 unspecified atom stereocenters. The average Bonchev–Trinajstić information content (AvgIpc) is 2.90. The van der Waals surface area contributed by atoms with Crippen LogP contribution in [0.15, 0.2) is 54.9 Å². The van der Waals surface area contributed by atoms with E-state index in [1.165, 1.54) is 12.4 Å². The van der Waals surface area contributed by atoms with E-state index < -0.39 is 0 Å². The number of hydrogen-bond donors (Lipinski definition) is 1. The summed E-state index contributed by atoms with van der Waals surface area (Å²) in [5, 5.41) is 10.5. The monoisotopic (exact) mass is 474 g/mol. The van der Waals surface area contributed by atoms with Crippen LogP contribution in [0.5, 0.6) is 17.2 Å². The largest absolute Gasteiger partial charge is 0.494 e. The lowest BCUT2D eigenvalue weighted by Gasteiger charge is -2.38. The van der Waals surface area contributed by atoms with Gasteiger partial charge < -0.3 is 24.4 Å². The smallest absolute Gasteiger partial charge is 0.257 e. The zero-order valence-corrected chi connectivity index (χ0v) is 19.4. The lowest BCUT2D eigenvalue weighted by Crippen LogP contribution is -2.40. The first-order valence-electron chi connectivity index (χ1n) is 11.5. The van der Waals surface area contributed by atoms with Gasteiger partial charge in [-0.3, -0.25) is 9.59 Å². The molecule has 3 aliphatic heterocycles. The van der Waals surface area contributed by atoms with Gasteiger partial charge in [-0.1, -0.05) is 12.1 Å². The van der Waals surface area contributed by atoms with Gasteiger partial charge in [0.1, 0.15) is 5.75 Å². The molecule has 0 aliphatic carbocycles. The number of hydrogen-bond acceptors (Lipinski definition) is 7. The van der Waals surface area contributed by atoms with Gasteiger partial charge in [0.15, 0.2) is 18.1 Å². The van der Waals surface area contributed by atoms with Crippen LogP contribution in [0.1, 0.15) is 39.5 Å². The minimum absolute atomic E-state index is 0.113. The average molecular weight is 475 g/mol. The number of benzene rings is 2. The molecule has 4 heterocycles. The van der Waals surface area contributed by atoms with E-state index in [9.17, 15) is 9.59 Å². The summed E-state index contributed by atoms with van der Waals surface area (Å²) in [5.41, 5.74) is 3.36. The number of aromatic nitrogens is 2. The first-order chi connectivity index (χ1) is 17.1. The fourth-order valence-electron chi connectivity index (χ4n) is 4.52. The standard InChI is InChI=1S/C26H26N4O5/c1-33-22-14-21-17-7-10-30(26(32)19-6-9-28-29-15-19)25(21)18-4-2-5-20(12-18)34-11-3-8-27-24(31)16-35-23(22)13-17/h2,4-6,9,12-15,25H,3,7-8,10-11,16H2,1H3,(H,27,31). The number of carbonyl (C=O) groups is 2. The Labute approximate surface area is 203 Å². The lowest BCUT2D eigenvalue weighted by molar-refractivity contribution is -0.123. The van der Waals surface area contributed by atoms with Crippen LogP contribution < -0.4 is 19.5 Å². The molecule has 1 atom stereocenters. The third kappa shape index (κ3) is 4.75. The highest BCUT2D eigenvalue weighted by atomic mass is 16.5. The number of amides is 2. The summed E-state index contributed by atoms with van der Waals surface area (Å²) < 4.78 is 17.4. The van der Waals surface area contributed by atoms with E-state index in [1.807, 2.05) is 41.3 Å². The number of fused-ring (bicyclic) bond motifs is 8. The van der Waals surface area contributed by atoms with Gasteiger partial charge in [0.25, 0.3) is 11.8 Å². The van der Waals surface area contributed by atoms with E-state index in [4.69, 9.17) is 14.2 Å². The molecular weight excluding hydrogens is 448 g/mol. The zero-order chi connectivity index (χ0) is 24.2. The molecule has 2 aromatic carbocycles. The van der Waals surface area contributed by atoms with Crippen LogP contribution in [0.3, 0.4) is 0 Å². The molecule has 2 amide bonds. The van der Waals surface area contributed by atoms with Gasteiger partial charge in [-0.25, -0.2) is 0 Å². The molecule has 0 spiro atoms. The predicted octanol–water partition coefficient (Wildman–Crippen LogP) is 2.55. The van der Waals surface area contributed by atoms with E-state index in [2.05, 4.69) is 15.5 Å². The van der Waals surface area contributed by atoms with E-state index in [1.54, 1.807) is 13.2 Å². The van der Waals surface area contributed by atoms with Crippen molar-refractivity contribution in [2.75, 3.05) is 33.4 Å².